The number of benzene rings is 1. The number of halogens is 1. The van der Waals surface area contributed by atoms with E-state index in [-0.39, 0.29) is 6.03 Å². The average molecular weight is 254 g/mol. The molecule has 1 aromatic carbocycles. The fourth-order valence-corrected chi connectivity index (χ4v) is 1.72. The number of morpholine rings is 1. The summed E-state index contributed by atoms with van der Waals surface area (Å²) in [6.45, 7) is 2.14. The van der Waals surface area contributed by atoms with Crippen LogP contribution in [-0.2, 0) is 4.74 Å². The predicted molar refractivity (Wildman–Crippen MR) is 64.4 cm³/mol. The molecule has 1 heterocycles. The summed E-state index contributed by atoms with van der Waals surface area (Å²) in [5, 5.41) is 2.64. The Bertz CT molecular complexity index is 433. The minimum atomic E-state index is -0.452. The SMILES string of the molecule is COc1cc(F)cc(NC(=O)N2CCOCC2)c1. The third-order valence-electron chi connectivity index (χ3n) is 2.66. The number of anilines is 1. The van der Waals surface area contributed by atoms with E-state index in [1.807, 2.05) is 0 Å². The number of nitrogens with zero attached hydrogens (tertiary/aromatic N) is 1. The van der Waals surface area contributed by atoms with Gasteiger partial charge in [0.2, 0.25) is 0 Å². The molecule has 5 nitrogen and oxygen atoms in total. The summed E-state index contributed by atoms with van der Waals surface area (Å²) in [5.41, 5.74) is 0.378. The largest absolute Gasteiger partial charge is 0.497 e. The van der Waals surface area contributed by atoms with Gasteiger partial charge in [-0.1, -0.05) is 0 Å². The molecule has 98 valence electrons. The zero-order chi connectivity index (χ0) is 13.0. The second-order valence-corrected chi connectivity index (χ2v) is 3.91. The Morgan fingerprint density at radius 3 is 2.78 bits per heavy atom. The van der Waals surface area contributed by atoms with E-state index >= 15 is 0 Å². The van der Waals surface area contributed by atoms with E-state index < -0.39 is 5.82 Å². The van der Waals surface area contributed by atoms with Gasteiger partial charge < -0.3 is 19.7 Å². The van der Waals surface area contributed by atoms with Gasteiger partial charge in [-0.25, -0.2) is 9.18 Å². The van der Waals surface area contributed by atoms with Crippen LogP contribution >= 0.6 is 0 Å². The van der Waals surface area contributed by atoms with E-state index in [1.54, 1.807) is 11.0 Å². The van der Waals surface area contributed by atoms with Crippen molar-refractivity contribution in [3.05, 3.63) is 24.0 Å². The molecule has 0 unspecified atom stereocenters. The van der Waals surface area contributed by atoms with Gasteiger partial charge in [-0.05, 0) is 6.07 Å². The first-order valence-corrected chi connectivity index (χ1v) is 5.67. The molecule has 0 radical (unpaired) electrons. The summed E-state index contributed by atoms with van der Waals surface area (Å²) in [6, 6.07) is 3.82. The standard InChI is InChI=1S/C12H15FN2O3/c1-17-11-7-9(13)6-10(8-11)14-12(16)15-2-4-18-5-3-15/h6-8H,2-5H2,1H3,(H,14,16). The van der Waals surface area contributed by atoms with Gasteiger partial charge in [0, 0.05) is 30.9 Å². The summed E-state index contributed by atoms with van der Waals surface area (Å²) in [5.74, 6) is -0.0843. The lowest BCUT2D eigenvalue weighted by molar-refractivity contribution is 0.0564. The number of hydrogen-bond donors (Lipinski definition) is 1. The number of hydrogen-bond acceptors (Lipinski definition) is 3. The molecule has 1 fully saturated rings. The van der Waals surface area contributed by atoms with Crippen LogP contribution in [0.1, 0.15) is 0 Å². The average Bonchev–Trinajstić information content (AvgIpc) is 2.39. The monoisotopic (exact) mass is 254 g/mol. The molecule has 1 N–H and O–H groups in total. The molecule has 0 aromatic heterocycles. The van der Waals surface area contributed by atoms with E-state index in [0.29, 0.717) is 37.7 Å². The molecule has 1 aliphatic heterocycles. The molecule has 0 bridgehead atoms. The zero-order valence-corrected chi connectivity index (χ0v) is 10.1. The Morgan fingerprint density at radius 1 is 1.39 bits per heavy atom. The molecule has 1 saturated heterocycles. The van der Waals surface area contributed by atoms with Crippen LogP contribution in [0.4, 0.5) is 14.9 Å². The topological polar surface area (TPSA) is 50.8 Å². The van der Waals surface area contributed by atoms with Gasteiger partial charge in [0.15, 0.2) is 0 Å². The van der Waals surface area contributed by atoms with Crippen molar-refractivity contribution in [3.8, 4) is 5.75 Å². The van der Waals surface area contributed by atoms with Crippen LogP contribution in [-0.4, -0.2) is 44.3 Å². The van der Waals surface area contributed by atoms with Gasteiger partial charge in [0.1, 0.15) is 11.6 Å². The van der Waals surface area contributed by atoms with Crippen LogP contribution in [0.5, 0.6) is 5.75 Å². The third kappa shape index (κ3) is 3.10. The number of nitrogens with one attached hydrogen (secondary N) is 1. The van der Waals surface area contributed by atoms with E-state index in [0.717, 1.165) is 0 Å². The van der Waals surface area contributed by atoms with Crippen LogP contribution in [0.15, 0.2) is 18.2 Å². The maximum atomic E-state index is 13.2. The highest BCUT2D eigenvalue weighted by molar-refractivity contribution is 5.89. The molecule has 1 aliphatic rings. The number of ether oxygens (including phenoxy) is 2. The van der Waals surface area contributed by atoms with Crippen molar-refractivity contribution in [2.45, 2.75) is 0 Å². The number of amides is 2. The lowest BCUT2D eigenvalue weighted by Gasteiger charge is -2.26. The Morgan fingerprint density at radius 2 is 2.11 bits per heavy atom. The van der Waals surface area contributed by atoms with Crippen LogP contribution in [0.3, 0.4) is 0 Å². The van der Waals surface area contributed by atoms with Crippen LogP contribution in [0, 0.1) is 5.82 Å². The van der Waals surface area contributed by atoms with E-state index in [4.69, 9.17) is 9.47 Å². The van der Waals surface area contributed by atoms with E-state index in [2.05, 4.69) is 5.32 Å². The second-order valence-electron chi connectivity index (χ2n) is 3.91. The Hall–Kier alpha value is -1.82. The van der Waals surface area contributed by atoms with E-state index in [9.17, 15) is 9.18 Å². The summed E-state index contributed by atoms with van der Waals surface area (Å²) in [7, 11) is 1.45. The van der Waals surface area contributed by atoms with Crippen LogP contribution < -0.4 is 10.1 Å². The van der Waals surface area contributed by atoms with Crippen LogP contribution in [0.25, 0.3) is 0 Å². The van der Waals surface area contributed by atoms with Crippen molar-refractivity contribution in [2.75, 3.05) is 38.7 Å². The highest BCUT2D eigenvalue weighted by Gasteiger charge is 2.17. The Labute approximate surface area is 104 Å². The molecule has 2 amide bonds. The molecule has 1 aromatic rings. The van der Waals surface area contributed by atoms with Crippen molar-refractivity contribution in [1.29, 1.82) is 0 Å². The lowest BCUT2D eigenvalue weighted by Crippen LogP contribution is -2.43. The van der Waals surface area contributed by atoms with Gasteiger partial charge in [0.05, 0.1) is 20.3 Å². The quantitative estimate of drug-likeness (QED) is 0.874. The predicted octanol–water partition coefficient (Wildman–Crippen LogP) is 1.70. The summed E-state index contributed by atoms with van der Waals surface area (Å²) in [4.78, 5) is 13.5. The smallest absolute Gasteiger partial charge is 0.322 e. The molecule has 0 spiro atoms. The first kappa shape index (κ1) is 12.6. The van der Waals surface area contributed by atoms with Gasteiger partial charge in [-0.2, -0.15) is 0 Å². The van der Waals surface area contributed by atoms with Crippen molar-refractivity contribution >= 4 is 11.7 Å². The summed E-state index contributed by atoms with van der Waals surface area (Å²) < 4.78 is 23.3. The van der Waals surface area contributed by atoms with Crippen molar-refractivity contribution in [3.63, 3.8) is 0 Å². The van der Waals surface area contributed by atoms with Gasteiger partial charge in [-0.15, -0.1) is 0 Å². The molecule has 18 heavy (non-hydrogen) atoms. The van der Waals surface area contributed by atoms with Crippen molar-refractivity contribution in [2.24, 2.45) is 0 Å². The number of rotatable bonds is 2. The first-order chi connectivity index (χ1) is 8.69. The summed E-state index contributed by atoms with van der Waals surface area (Å²) in [6.07, 6.45) is 0. The van der Waals surface area contributed by atoms with Crippen molar-refractivity contribution < 1.29 is 18.7 Å². The highest BCUT2D eigenvalue weighted by Crippen LogP contribution is 2.20. The zero-order valence-electron chi connectivity index (χ0n) is 10.1. The third-order valence-corrected chi connectivity index (χ3v) is 2.66. The normalized spacial score (nSPS) is 15.3. The molecule has 2 rings (SSSR count). The Balaban J connectivity index is 2.03. The fourth-order valence-electron chi connectivity index (χ4n) is 1.72. The molecule has 0 aliphatic carbocycles. The maximum absolute atomic E-state index is 13.2. The summed E-state index contributed by atoms with van der Waals surface area (Å²) >= 11 is 0. The molecule has 0 atom stereocenters. The second kappa shape index (κ2) is 5.68. The minimum absolute atomic E-state index is 0.258. The number of urea groups is 1. The first-order valence-electron chi connectivity index (χ1n) is 5.67. The lowest BCUT2D eigenvalue weighted by atomic mass is 10.3. The number of carbonyl (C=O) groups excluding carboxylic acids is 1. The number of carbonyl (C=O) groups is 1. The van der Waals surface area contributed by atoms with Crippen LogP contribution in [0.2, 0.25) is 0 Å². The molecular formula is C12H15FN2O3. The molecular weight excluding hydrogens is 239 g/mol. The highest BCUT2D eigenvalue weighted by atomic mass is 19.1. The van der Waals surface area contributed by atoms with Gasteiger partial charge >= 0.3 is 6.03 Å². The molecule has 6 heteroatoms. The van der Waals surface area contributed by atoms with E-state index in [1.165, 1.54) is 19.2 Å². The van der Waals surface area contributed by atoms with Gasteiger partial charge in [-0.3, -0.25) is 0 Å². The van der Waals surface area contributed by atoms with Crippen molar-refractivity contribution in [1.82, 2.24) is 4.90 Å². The fraction of sp³-hybridized carbons (Fsp3) is 0.417. The van der Waals surface area contributed by atoms with Gasteiger partial charge in [0.25, 0.3) is 0 Å². The number of methoxy groups -OCH3 is 1. The minimum Gasteiger partial charge on any atom is -0.497 e. The molecule has 0 saturated carbocycles. The maximum Gasteiger partial charge on any atom is 0.322 e. The Kier molecular flexibility index (Phi) is 3.99.